The van der Waals surface area contributed by atoms with E-state index in [1.807, 2.05) is 30.3 Å². The van der Waals surface area contributed by atoms with E-state index in [-0.39, 0.29) is 5.84 Å². The van der Waals surface area contributed by atoms with Crippen molar-refractivity contribution in [1.29, 1.82) is 10.5 Å². The Kier molecular flexibility index (Phi) is 2.61. The van der Waals surface area contributed by atoms with Gasteiger partial charge in [-0.2, -0.15) is 10.5 Å². The molecule has 2 aliphatic rings. The summed E-state index contributed by atoms with van der Waals surface area (Å²) in [6, 6.07) is 13.7. The van der Waals surface area contributed by atoms with Crippen LogP contribution in [0.25, 0.3) is 0 Å². The standard InChI is InChI=1S/C15H14N4O2/c1-20-15(21-2)14(9-17)11(10-6-4-3-5-7-10)13(14,8-16)12(18)19-15/h3-7,11H,1-2H3,(H2,18,19). The lowest BCUT2D eigenvalue weighted by Crippen LogP contribution is -2.41. The Morgan fingerprint density at radius 1 is 1.14 bits per heavy atom. The minimum Gasteiger partial charge on any atom is -0.386 e. The maximum atomic E-state index is 9.82. The molecule has 1 saturated carbocycles. The average molecular weight is 282 g/mol. The molecule has 0 aromatic heterocycles. The van der Waals surface area contributed by atoms with E-state index in [9.17, 15) is 10.5 Å². The van der Waals surface area contributed by atoms with Crippen LogP contribution in [0.1, 0.15) is 11.5 Å². The van der Waals surface area contributed by atoms with E-state index in [1.165, 1.54) is 14.2 Å². The second-order valence-electron chi connectivity index (χ2n) is 5.17. The molecule has 106 valence electrons. The van der Waals surface area contributed by atoms with Gasteiger partial charge in [0.25, 0.3) is 5.91 Å². The summed E-state index contributed by atoms with van der Waals surface area (Å²) in [5.74, 6) is -1.90. The summed E-state index contributed by atoms with van der Waals surface area (Å²) in [6.45, 7) is 0. The number of nitrogens with zero attached hydrogens (tertiary/aromatic N) is 3. The van der Waals surface area contributed by atoms with Crippen LogP contribution in [0.2, 0.25) is 0 Å². The predicted octanol–water partition coefficient (Wildman–Crippen LogP) is 1.12. The highest BCUT2D eigenvalue weighted by atomic mass is 16.7. The Morgan fingerprint density at radius 3 is 2.24 bits per heavy atom. The fourth-order valence-electron chi connectivity index (χ4n) is 3.67. The Labute approximate surface area is 122 Å². The first-order valence-corrected chi connectivity index (χ1v) is 6.43. The number of hydrogen-bond acceptors (Lipinski definition) is 6. The van der Waals surface area contributed by atoms with Crippen LogP contribution in [0.15, 0.2) is 35.3 Å². The maximum Gasteiger partial charge on any atom is 0.292 e. The molecule has 3 rings (SSSR count). The lowest BCUT2D eigenvalue weighted by Gasteiger charge is -2.29. The fourth-order valence-corrected chi connectivity index (χ4v) is 3.67. The zero-order chi connectivity index (χ0) is 15.3. The first-order chi connectivity index (χ1) is 10.1. The van der Waals surface area contributed by atoms with E-state index in [2.05, 4.69) is 17.1 Å². The van der Waals surface area contributed by atoms with Crippen molar-refractivity contribution < 1.29 is 9.47 Å². The summed E-state index contributed by atoms with van der Waals surface area (Å²) in [6.07, 6.45) is 0. The first-order valence-electron chi connectivity index (χ1n) is 6.43. The number of methoxy groups -OCH3 is 2. The van der Waals surface area contributed by atoms with Gasteiger partial charge in [0.05, 0.1) is 12.1 Å². The van der Waals surface area contributed by atoms with Gasteiger partial charge in [0, 0.05) is 20.1 Å². The highest BCUT2D eigenvalue weighted by Crippen LogP contribution is 2.81. The highest BCUT2D eigenvalue weighted by molar-refractivity contribution is 6.00. The molecule has 0 amide bonds. The van der Waals surface area contributed by atoms with Crippen LogP contribution in [0.5, 0.6) is 0 Å². The summed E-state index contributed by atoms with van der Waals surface area (Å²) in [5, 5.41) is 19.5. The van der Waals surface area contributed by atoms with Crippen molar-refractivity contribution in [1.82, 2.24) is 0 Å². The van der Waals surface area contributed by atoms with Crippen LogP contribution >= 0.6 is 0 Å². The number of nitrogens with two attached hydrogens (primary N) is 1. The zero-order valence-corrected chi connectivity index (χ0v) is 11.7. The van der Waals surface area contributed by atoms with Gasteiger partial charge >= 0.3 is 0 Å². The molecule has 1 heterocycles. The van der Waals surface area contributed by atoms with E-state index >= 15 is 0 Å². The van der Waals surface area contributed by atoms with E-state index < -0.39 is 22.7 Å². The van der Waals surface area contributed by atoms with Crippen molar-refractivity contribution in [2.24, 2.45) is 21.6 Å². The number of benzene rings is 1. The molecule has 6 heteroatoms. The van der Waals surface area contributed by atoms with Gasteiger partial charge in [-0.15, -0.1) is 0 Å². The van der Waals surface area contributed by atoms with Crippen LogP contribution < -0.4 is 5.73 Å². The third kappa shape index (κ3) is 1.16. The van der Waals surface area contributed by atoms with E-state index in [4.69, 9.17) is 15.2 Å². The summed E-state index contributed by atoms with van der Waals surface area (Å²) in [5.41, 5.74) is 4.35. The van der Waals surface area contributed by atoms with Crippen molar-refractivity contribution in [3.05, 3.63) is 35.9 Å². The van der Waals surface area contributed by atoms with Crippen LogP contribution in [0, 0.1) is 33.5 Å². The number of aliphatic imine (C=N–C) groups is 1. The van der Waals surface area contributed by atoms with Crippen molar-refractivity contribution >= 4 is 5.84 Å². The second-order valence-corrected chi connectivity index (χ2v) is 5.17. The van der Waals surface area contributed by atoms with Crippen LogP contribution in [0.4, 0.5) is 0 Å². The Balaban J connectivity index is 2.26. The Morgan fingerprint density at radius 2 is 1.76 bits per heavy atom. The quantitative estimate of drug-likeness (QED) is 0.836. The van der Waals surface area contributed by atoms with Gasteiger partial charge in [-0.05, 0) is 5.56 Å². The monoisotopic (exact) mass is 282 g/mol. The topological polar surface area (TPSA) is 104 Å². The molecule has 1 fully saturated rings. The molecule has 1 aromatic carbocycles. The van der Waals surface area contributed by atoms with Crippen LogP contribution in [-0.2, 0) is 9.47 Å². The lowest BCUT2D eigenvalue weighted by atomic mass is 9.93. The third-order valence-electron chi connectivity index (χ3n) is 4.61. The van der Waals surface area contributed by atoms with Gasteiger partial charge in [-0.25, -0.2) is 4.99 Å². The van der Waals surface area contributed by atoms with Crippen LogP contribution in [-0.4, -0.2) is 26.0 Å². The normalized spacial score (nSPS) is 35.2. The largest absolute Gasteiger partial charge is 0.386 e. The van der Waals surface area contributed by atoms with Gasteiger partial charge in [0.15, 0.2) is 5.41 Å². The highest BCUT2D eigenvalue weighted by Gasteiger charge is 2.93. The molecule has 1 aromatic rings. The van der Waals surface area contributed by atoms with Crippen LogP contribution in [0.3, 0.4) is 0 Å². The van der Waals surface area contributed by atoms with E-state index in [0.717, 1.165) is 5.56 Å². The van der Waals surface area contributed by atoms with Gasteiger partial charge in [0.2, 0.25) is 0 Å². The summed E-state index contributed by atoms with van der Waals surface area (Å²) >= 11 is 0. The molecule has 0 radical (unpaired) electrons. The molecule has 0 bridgehead atoms. The molecule has 3 unspecified atom stereocenters. The lowest BCUT2D eigenvalue weighted by molar-refractivity contribution is -0.230. The number of rotatable bonds is 3. The van der Waals surface area contributed by atoms with Crippen molar-refractivity contribution in [2.75, 3.05) is 14.2 Å². The Hall–Kier alpha value is -2.41. The molecular weight excluding hydrogens is 268 g/mol. The van der Waals surface area contributed by atoms with Gasteiger partial charge < -0.3 is 15.2 Å². The second kappa shape index (κ2) is 4.05. The number of hydrogen-bond donors (Lipinski definition) is 1. The Bertz CT molecular complexity index is 699. The van der Waals surface area contributed by atoms with Crippen molar-refractivity contribution in [2.45, 2.75) is 11.8 Å². The van der Waals surface area contributed by atoms with E-state index in [0.29, 0.717) is 0 Å². The smallest absolute Gasteiger partial charge is 0.292 e. The molecular formula is C15H14N4O2. The summed E-state index contributed by atoms with van der Waals surface area (Å²) in [7, 11) is 2.79. The van der Waals surface area contributed by atoms with Crippen molar-refractivity contribution in [3.8, 4) is 12.1 Å². The minimum absolute atomic E-state index is 0.0871. The first kappa shape index (κ1) is 13.6. The minimum atomic E-state index is -1.55. The summed E-state index contributed by atoms with van der Waals surface area (Å²) in [4.78, 5) is 4.15. The summed E-state index contributed by atoms with van der Waals surface area (Å²) < 4.78 is 10.8. The molecule has 6 nitrogen and oxygen atoms in total. The SMILES string of the molecule is COC1(OC)N=C(N)C2(C#N)C(c3ccccc3)C12C#N. The number of ether oxygens (including phenoxy) is 2. The molecule has 0 spiro atoms. The molecule has 1 aliphatic heterocycles. The van der Waals surface area contributed by atoms with E-state index in [1.54, 1.807) is 0 Å². The van der Waals surface area contributed by atoms with Crippen molar-refractivity contribution in [3.63, 3.8) is 0 Å². The predicted molar refractivity (Wildman–Crippen MR) is 73.6 cm³/mol. The number of nitriles is 2. The molecule has 21 heavy (non-hydrogen) atoms. The van der Waals surface area contributed by atoms with Gasteiger partial charge in [0.1, 0.15) is 11.3 Å². The molecule has 3 atom stereocenters. The molecule has 1 aliphatic carbocycles. The third-order valence-corrected chi connectivity index (χ3v) is 4.61. The molecule has 2 N–H and O–H groups in total. The average Bonchev–Trinajstić information content (AvgIpc) is 3.11. The fraction of sp³-hybridized carbons (Fsp3) is 0.400. The number of amidine groups is 1. The van der Waals surface area contributed by atoms with Gasteiger partial charge in [-0.1, -0.05) is 30.3 Å². The number of fused-ring (bicyclic) bond motifs is 1. The zero-order valence-electron chi connectivity index (χ0n) is 11.7. The van der Waals surface area contributed by atoms with Gasteiger partial charge in [-0.3, -0.25) is 0 Å². The molecule has 0 saturated heterocycles. The maximum absolute atomic E-state index is 9.82.